The van der Waals surface area contributed by atoms with E-state index >= 15 is 0 Å². The van der Waals surface area contributed by atoms with Crippen molar-refractivity contribution in [3.63, 3.8) is 0 Å². The normalized spacial score (nSPS) is 21.1. The molecule has 1 aromatic carbocycles. The molecule has 1 aliphatic carbocycles. The van der Waals surface area contributed by atoms with Crippen molar-refractivity contribution in [1.82, 2.24) is 5.32 Å². The molecule has 3 nitrogen and oxygen atoms in total. The third-order valence-electron chi connectivity index (χ3n) is 3.13. The minimum atomic E-state index is -0.873. The van der Waals surface area contributed by atoms with E-state index in [4.69, 9.17) is 5.73 Å². The predicted molar refractivity (Wildman–Crippen MR) is 60.4 cm³/mol. The van der Waals surface area contributed by atoms with Crippen molar-refractivity contribution in [1.29, 1.82) is 0 Å². The zero-order chi connectivity index (χ0) is 12.8. The van der Waals surface area contributed by atoms with E-state index < -0.39 is 17.5 Å². The molecule has 0 spiro atoms. The van der Waals surface area contributed by atoms with E-state index in [1.165, 1.54) is 0 Å². The van der Waals surface area contributed by atoms with Crippen molar-refractivity contribution in [2.24, 2.45) is 5.41 Å². The highest BCUT2D eigenvalue weighted by Gasteiger charge is 2.46. The summed E-state index contributed by atoms with van der Waals surface area (Å²) < 4.78 is 26.6. The van der Waals surface area contributed by atoms with Gasteiger partial charge in [0.2, 0.25) is 0 Å². The Labute approximate surface area is 98.0 Å². The van der Waals surface area contributed by atoms with Gasteiger partial charge in [-0.2, -0.15) is 0 Å². The molecular formula is C12H14F2N2O. The molecule has 0 aromatic heterocycles. The molecule has 0 bridgehead atoms. The zero-order valence-corrected chi connectivity index (χ0v) is 9.68. The molecule has 0 radical (unpaired) electrons. The second-order valence-corrected chi connectivity index (χ2v) is 5.08. The van der Waals surface area contributed by atoms with Gasteiger partial charge in [0.1, 0.15) is 5.82 Å². The van der Waals surface area contributed by atoms with Crippen LogP contribution < -0.4 is 11.1 Å². The molecule has 1 aliphatic rings. The number of nitrogen functional groups attached to an aromatic ring is 1. The summed E-state index contributed by atoms with van der Waals surface area (Å²) in [5.41, 5.74) is 4.60. The maximum atomic E-state index is 13.5. The lowest BCUT2D eigenvalue weighted by Gasteiger charge is -2.09. The molecule has 0 aliphatic heterocycles. The first-order chi connectivity index (χ1) is 7.81. The molecule has 2 rings (SSSR count). The summed E-state index contributed by atoms with van der Waals surface area (Å²) in [6.07, 6.45) is 0.838. The van der Waals surface area contributed by atoms with Crippen molar-refractivity contribution < 1.29 is 13.6 Å². The number of amides is 1. The van der Waals surface area contributed by atoms with E-state index in [0.717, 1.165) is 18.6 Å². The van der Waals surface area contributed by atoms with E-state index in [1.54, 1.807) is 0 Å². The Morgan fingerprint density at radius 2 is 2.06 bits per heavy atom. The average Bonchev–Trinajstić information content (AvgIpc) is 2.79. The third kappa shape index (κ3) is 2.23. The van der Waals surface area contributed by atoms with Gasteiger partial charge in [0, 0.05) is 6.04 Å². The summed E-state index contributed by atoms with van der Waals surface area (Å²) in [5.74, 6) is -2.21. The van der Waals surface area contributed by atoms with Crippen LogP contribution in [0.5, 0.6) is 0 Å². The number of hydrogen-bond donors (Lipinski definition) is 2. The molecule has 1 saturated carbocycles. The molecule has 3 N–H and O–H groups in total. The lowest BCUT2D eigenvalue weighted by atomic mass is 10.1. The van der Waals surface area contributed by atoms with Gasteiger partial charge >= 0.3 is 0 Å². The summed E-state index contributed by atoms with van der Waals surface area (Å²) >= 11 is 0. The third-order valence-corrected chi connectivity index (χ3v) is 3.13. The highest BCUT2D eigenvalue weighted by molar-refractivity contribution is 5.95. The Balaban J connectivity index is 2.20. The molecule has 0 saturated heterocycles. The van der Waals surface area contributed by atoms with Crippen LogP contribution >= 0.6 is 0 Å². The van der Waals surface area contributed by atoms with E-state index in [2.05, 4.69) is 5.32 Å². The van der Waals surface area contributed by atoms with Gasteiger partial charge in [-0.3, -0.25) is 4.79 Å². The number of benzene rings is 1. The fraction of sp³-hybridized carbons (Fsp3) is 0.417. The fourth-order valence-corrected chi connectivity index (χ4v) is 1.73. The molecule has 1 unspecified atom stereocenters. The van der Waals surface area contributed by atoms with Crippen LogP contribution in [-0.4, -0.2) is 11.9 Å². The summed E-state index contributed by atoms with van der Waals surface area (Å²) in [7, 11) is 0. The van der Waals surface area contributed by atoms with Crippen molar-refractivity contribution in [2.75, 3.05) is 5.73 Å². The van der Waals surface area contributed by atoms with Crippen molar-refractivity contribution in [2.45, 2.75) is 26.3 Å². The topological polar surface area (TPSA) is 55.1 Å². The lowest BCUT2D eigenvalue weighted by molar-refractivity contribution is 0.0942. The molecule has 0 heterocycles. The predicted octanol–water partition coefficient (Wildman–Crippen LogP) is 2.08. The van der Waals surface area contributed by atoms with Gasteiger partial charge in [-0.15, -0.1) is 0 Å². The van der Waals surface area contributed by atoms with Gasteiger partial charge in [-0.25, -0.2) is 8.78 Å². The van der Waals surface area contributed by atoms with Crippen LogP contribution in [0, 0.1) is 17.0 Å². The van der Waals surface area contributed by atoms with Crippen LogP contribution in [0.15, 0.2) is 12.1 Å². The second kappa shape index (κ2) is 3.68. The Morgan fingerprint density at radius 3 is 2.59 bits per heavy atom. The highest BCUT2D eigenvalue weighted by atomic mass is 19.1. The van der Waals surface area contributed by atoms with E-state index in [9.17, 15) is 13.6 Å². The van der Waals surface area contributed by atoms with Gasteiger partial charge in [-0.1, -0.05) is 13.8 Å². The maximum absolute atomic E-state index is 13.5. The monoisotopic (exact) mass is 240 g/mol. The Morgan fingerprint density at radius 1 is 1.47 bits per heavy atom. The number of nitrogens with one attached hydrogen (secondary N) is 1. The van der Waals surface area contributed by atoms with Crippen LogP contribution in [0.1, 0.15) is 30.6 Å². The molecule has 5 heteroatoms. The van der Waals surface area contributed by atoms with Crippen molar-refractivity contribution >= 4 is 11.6 Å². The standard InChI is InChI=1S/C12H14F2N2O/c1-12(2)5-9(12)16-11(17)7-3-6(13)4-8(15)10(7)14/h3-4,9H,5,15H2,1-2H3,(H,16,17). The fourth-order valence-electron chi connectivity index (χ4n) is 1.73. The maximum Gasteiger partial charge on any atom is 0.254 e. The zero-order valence-electron chi connectivity index (χ0n) is 9.68. The number of halogens is 2. The largest absolute Gasteiger partial charge is 0.396 e. The molecule has 1 fully saturated rings. The van der Waals surface area contributed by atoms with Gasteiger partial charge in [0.05, 0.1) is 11.3 Å². The summed E-state index contributed by atoms with van der Waals surface area (Å²) in [5, 5.41) is 2.65. The quantitative estimate of drug-likeness (QED) is 0.777. The molecule has 1 aromatic rings. The molecule has 1 atom stereocenters. The molecular weight excluding hydrogens is 226 g/mol. The number of rotatable bonds is 2. The number of carbonyl (C=O) groups excluding carboxylic acids is 1. The van der Waals surface area contributed by atoms with Gasteiger partial charge in [0.25, 0.3) is 5.91 Å². The lowest BCUT2D eigenvalue weighted by Crippen LogP contribution is -2.29. The van der Waals surface area contributed by atoms with Crippen LogP contribution in [0.2, 0.25) is 0 Å². The minimum absolute atomic E-state index is 0.0129. The highest BCUT2D eigenvalue weighted by Crippen LogP contribution is 2.44. The van der Waals surface area contributed by atoms with Gasteiger partial charge < -0.3 is 11.1 Å². The Bertz CT molecular complexity index is 486. The Kier molecular flexibility index (Phi) is 2.56. The van der Waals surface area contributed by atoms with Crippen LogP contribution in [0.4, 0.5) is 14.5 Å². The first kappa shape index (κ1) is 11.8. The first-order valence-corrected chi connectivity index (χ1v) is 5.36. The van der Waals surface area contributed by atoms with Gasteiger partial charge in [0.15, 0.2) is 5.82 Å². The second-order valence-electron chi connectivity index (χ2n) is 5.08. The molecule has 92 valence electrons. The SMILES string of the molecule is CC1(C)CC1NC(=O)c1cc(F)cc(N)c1F. The first-order valence-electron chi connectivity index (χ1n) is 5.36. The Hall–Kier alpha value is -1.65. The minimum Gasteiger partial charge on any atom is -0.396 e. The van der Waals surface area contributed by atoms with Crippen LogP contribution in [-0.2, 0) is 0 Å². The van der Waals surface area contributed by atoms with Crippen LogP contribution in [0.25, 0.3) is 0 Å². The molecule has 17 heavy (non-hydrogen) atoms. The summed E-state index contributed by atoms with van der Waals surface area (Å²) in [6, 6.07) is 1.72. The number of carbonyl (C=O) groups is 1. The van der Waals surface area contributed by atoms with Gasteiger partial charge in [-0.05, 0) is 24.0 Å². The van der Waals surface area contributed by atoms with Crippen molar-refractivity contribution in [3.05, 3.63) is 29.3 Å². The number of nitrogens with two attached hydrogens (primary N) is 1. The summed E-state index contributed by atoms with van der Waals surface area (Å²) in [4.78, 5) is 11.7. The molecule has 1 amide bonds. The number of hydrogen-bond acceptors (Lipinski definition) is 2. The van der Waals surface area contributed by atoms with E-state index in [1.807, 2.05) is 13.8 Å². The summed E-state index contributed by atoms with van der Waals surface area (Å²) in [6.45, 7) is 3.99. The van der Waals surface area contributed by atoms with Crippen molar-refractivity contribution in [3.8, 4) is 0 Å². The van der Waals surface area contributed by atoms with E-state index in [-0.39, 0.29) is 22.7 Å². The van der Waals surface area contributed by atoms with Crippen LogP contribution in [0.3, 0.4) is 0 Å². The van der Waals surface area contributed by atoms with E-state index in [0.29, 0.717) is 0 Å². The smallest absolute Gasteiger partial charge is 0.254 e. The number of anilines is 1. The average molecular weight is 240 g/mol.